The zero-order valence-electron chi connectivity index (χ0n) is 21.5. The van der Waals surface area contributed by atoms with Gasteiger partial charge in [0.05, 0.1) is 18.3 Å². The summed E-state index contributed by atoms with van der Waals surface area (Å²) >= 11 is 1.22. The van der Waals surface area contributed by atoms with Crippen molar-refractivity contribution in [3.63, 3.8) is 0 Å². The summed E-state index contributed by atoms with van der Waals surface area (Å²) < 4.78 is 38.6. The maximum Gasteiger partial charge on any atom is 0.416 e. The second-order valence-electron chi connectivity index (χ2n) is 9.96. The Morgan fingerprint density at radius 3 is 2.59 bits per heavy atom. The van der Waals surface area contributed by atoms with Crippen molar-refractivity contribution < 1.29 is 32.7 Å². The fourth-order valence-corrected chi connectivity index (χ4v) is 6.09. The summed E-state index contributed by atoms with van der Waals surface area (Å²) in [6, 6.07) is 4.18. The van der Waals surface area contributed by atoms with Gasteiger partial charge in [0, 0.05) is 37.3 Å². The number of nitrogens with one attached hydrogen (secondary N) is 3. The lowest BCUT2D eigenvalue weighted by Gasteiger charge is -2.38. The van der Waals surface area contributed by atoms with E-state index in [1.807, 2.05) is 6.92 Å². The first-order valence-corrected chi connectivity index (χ1v) is 13.8. The summed E-state index contributed by atoms with van der Waals surface area (Å²) in [4.78, 5) is 43.7. The molecule has 4 rings (SSSR count). The van der Waals surface area contributed by atoms with Crippen LogP contribution in [0.3, 0.4) is 0 Å². The van der Waals surface area contributed by atoms with Gasteiger partial charge in [-0.3, -0.25) is 19.3 Å². The van der Waals surface area contributed by atoms with Gasteiger partial charge in [-0.2, -0.15) is 13.2 Å². The van der Waals surface area contributed by atoms with Crippen molar-refractivity contribution in [2.75, 3.05) is 26.2 Å². The van der Waals surface area contributed by atoms with E-state index in [1.165, 1.54) is 23.6 Å². The molecule has 0 radical (unpaired) electrons. The number of aromatic nitrogens is 1. The van der Waals surface area contributed by atoms with Crippen molar-refractivity contribution in [1.29, 1.82) is 0 Å². The summed E-state index contributed by atoms with van der Waals surface area (Å²) in [5.41, 5.74) is -2.15. The van der Waals surface area contributed by atoms with Gasteiger partial charge in [0.25, 0.3) is 11.8 Å². The predicted octanol–water partition coefficient (Wildman–Crippen LogP) is 2.66. The summed E-state index contributed by atoms with van der Waals surface area (Å²) in [6.45, 7) is 3.43. The Bertz CT molecular complexity index is 1200. The average Bonchev–Trinajstić information content (AvgIpc) is 3.58. The van der Waals surface area contributed by atoms with Crippen LogP contribution in [0, 0.1) is 0 Å². The highest BCUT2D eigenvalue weighted by atomic mass is 32.1. The molecule has 1 aromatic heterocycles. The number of thiazole rings is 1. The Balaban J connectivity index is 1.21. The molecule has 0 bridgehead atoms. The van der Waals surface area contributed by atoms with Gasteiger partial charge >= 0.3 is 6.18 Å². The molecule has 1 aliphatic carbocycles. The molecule has 212 valence electrons. The topological polar surface area (TPSA) is 124 Å². The van der Waals surface area contributed by atoms with Crippen LogP contribution in [0.25, 0.3) is 0 Å². The second kappa shape index (κ2) is 12.0. The molecule has 1 aromatic carbocycles. The number of carbonyl (C=O) groups is 3. The molecule has 1 atom stereocenters. The standard InChI is InChI=1S/C26H32F3N5O4S/c1-2-30-23(37)20-13-32-24(39-20)25(38)9-6-19(7-10-25)34-11-8-18(15-34)33-21(35)14-31-22(36)16-4-3-5-17(12-16)26(27,28)29/h3-5,12-13,18-19,38H,2,6-11,14-15H2,1H3,(H,30,37)(H,31,36)(H,33,35)/t18-,19?,25?/m1/s1. The van der Waals surface area contributed by atoms with Crippen molar-refractivity contribution in [1.82, 2.24) is 25.8 Å². The van der Waals surface area contributed by atoms with Crippen LogP contribution in [0.1, 0.15) is 69.6 Å². The fraction of sp³-hybridized carbons (Fsp3) is 0.538. The number of amides is 3. The van der Waals surface area contributed by atoms with Gasteiger partial charge in [-0.15, -0.1) is 11.3 Å². The van der Waals surface area contributed by atoms with Crippen molar-refractivity contribution in [2.45, 2.75) is 62.9 Å². The van der Waals surface area contributed by atoms with Crippen LogP contribution in [0.5, 0.6) is 0 Å². The highest BCUT2D eigenvalue weighted by molar-refractivity contribution is 7.13. The molecular weight excluding hydrogens is 535 g/mol. The lowest BCUT2D eigenvalue weighted by atomic mass is 9.82. The molecule has 4 N–H and O–H groups in total. The van der Waals surface area contributed by atoms with E-state index >= 15 is 0 Å². The highest BCUT2D eigenvalue weighted by Gasteiger charge is 2.40. The molecule has 0 spiro atoms. The van der Waals surface area contributed by atoms with Crippen LogP contribution in [0.15, 0.2) is 30.5 Å². The molecule has 13 heteroatoms. The van der Waals surface area contributed by atoms with Gasteiger partial charge in [0.2, 0.25) is 5.91 Å². The van der Waals surface area contributed by atoms with Gasteiger partial charge in [-0.1, -0.05) is 6.07 Å². The average molecular weight is 568 g/mol. The molecule has 1 aliphatic heterocycles. The summed E-state index contributed by atoms with van der Waals surface area (Å²) in [6.07, 6.45) is 0.224. The number of benzene rings is 1. The Hall–Kier alpha value is -3.03. The monoisotopic (exact) mass is 567 g/mol. The molecule has 1 saturated carbocycles. The van der Waals surface area contributed by atoms with Gasteiger partial charge in [-0.25, -0.2) is 4.98 Å². The molecule has 2 fully saturated rings. The maximum atomic E-state index is 12.9. The van der Waals surface area contributed by atoms with Gasteiger partial charge < -0.3 is 21.1 Å². The quantitative estimate of drug-likeness (QED) is 0.389. The molecule has 2 aromatic rings. The Morgan fingerprint density at radius 1 is 1.15 bits per heavy atom. The SMILES string of the molecule is CCNC(=O)c1cnc(C2(O)CCC(N3CC[C@@H](NC(=O)CNC(=O)c4cccc(C(F)(F)F)c4)C3)CC2)s1. The number of carbonyl (C=O) groups excluding carboxylic acids is 3. The lowest BCUT2D eigenvalue weighted by molar-refractivity contribution is -0.137. The Morgan fingerprint density at radius 2 is 1.90 bits per heavy atom. The van der Waals surface area contributed by atoms with Crippen LogP contribution in [-0.4, -0.2) is 71.0 Å². The fourth-order valence-electron chi connectivity index (χ4n) is 5.12. The molecule has 39 heavy (non-hydrogen) atoms. The first kappa shape index (κ1) is 29.0. The highest BCUT2D eigenvalue weighted by Crippen LogP contribution is 2.40. The molecule has 2 aliphatic rings. The van der Waals surface area contributed by atoms with E-state index in [2.05, 4.69) is 25.8 Å². The molecular formula is C26H32F3N5O4S. The second-order valence-corrected chi connectivity index (χ2v) is 11.0. The number of nitrogens with zero attached hydrogens (tertiary/aromatic N) is 2. The minimum atomic E-state index is -4.56. The van der Waals surface area contributed by atoms with E-state index in [0.29, 0.717) is 35.8 Å². The van der Waals surface area contributed by atoms with Crippen LogP contribution in [-0.2, 0) is 16.6 Å². The molecule has 2 heterocycles. The van der Waals surface area contributed by atoms with Crippen molar-refractivity contribution in [3.05, 3.63) is 51.5 Å². The number of halogens is 3. The summed E-state index contributed by atoms with van der Waals surface area (Å²) in [5.74, 6) is -1.36. The van der Waals surface area contributed by atoms with E-state index in [9.17, 15) is 32.7 Å². The van der Waals surface area contributed by atoms with Gasteiger partial charge in [0.1, 0.15) is 15.5 Å². The zero-order valence-corrected chi connectivity index (χ0v) is 22.3. The predicted molar refractivity (Wildman–Crippen MR) is 138 cm³/mol. The molecule has 1 saturated heterocycles. The van der Waals surface area contributed by atoms with Crippen LogP contribution in [0.4, 0.5) is 13.2 Å². The van der Waals surface area contributed by atoms with E-state index in [-0.39, 0.29) is 30.1 Å². The third-order valence-corrected chi connectivity index (χ3v) is 8.40. The zero-order chi connectivity index (χ0) is 28.2. The van der Waals surface area contributed by atoms with E-state index in [4.69, 9.17) is 0 Å². The van der Waals surface area contributed by atoms with Gasteiger partial charge in [0.15, 0.2) is 0 Å². The Labute approximate surface area is 228 Å². The van der Waals surface area contributed by atoms with Crippen molar-refractivity contribution in [3.8, 4) is 0 Å². The van der Waals surface area contributed by atoms with Crippen molar-refractivity contribution >= 4 is 29.1 Å². The van der Waals surface area contributed by atoms with E-state index in [1.54, 1.807) is 0 Å². The third-order valence-electron chi connectivity index (χ3n) is 7.21. The van der Waals surface area contributed by atoms with Crippen LogP contribution >= 0.6 is 11.3 Å². The number of hydrogen-bond donors (Lipinski definition) is 4. The summed E-state index contributed by atoms with van der Waals surface area (Å²) in [5, 5.41) is 19.7. The lowest BCUT2D eigenvalue weighted by Crippen LogP contribution is -2.45. The largest absolute Gasteiger partial charge is 0.416 e. The minimum absolute atomic E-state index is 0.109. The number of alkyl halides is 3. The van der Waals surface area contributed by atoms with Gasteiger partial charge in [-0.05, 0) is 57.2 Å². The maximum absolute atomic E-state index is 12.9. The van der Waals surface area contributed by atoms with Crippen LogP contribution < -0.4 is 16.0 Å². The molecule has 9 nitrogen and oxygen atoms in total. The first-order valence-electron chi connectivity index (χ1n) is 12.9. The minimum Gasteiger partial charge on any atom is -0.383 e. The van der Waals surface area contributed by atoms with E-state index in [0.717, 1.165) is 44.0 Å². The summed E-state index contributed by atoms with van der Waals surface area (Å²) in [7, 11) is 0. The number of hydrogen-bond acceptors (Lipinski definition) is 7. The normalized spacial score (nSPS) is 23.8. The third kappa shape index (κ3) is 7.14. The van der Waals surface area contributed by atoms with Crippen molar-refractivity contribution in [2.24, 2.45) is 0 Å². The smallest absolute Gasteiger partial charge is 0.383 e. The number of likely N-dealkylation sites (tertiary alicyclic amines) is 1. The molecule has 3 amide bonds. The first-order chi connectivity index (χ1) is 18.5. The number of aliphatic hydroxyl groups is 1. The van der Waals surface area contributed by atoms with E-state index < -0.39 is 29.2 Å². The van der Waals surface area contributed by atoms with Crippen LogP contribution in [0.2, 0.25) is 0 Å². The number of rotatable bonds is 8. The Kier molecular flexibility index (Phi) is 8.92. The molecule has 0 unspecified atom stereocenters.